The minimum absolute atomic E-state index is 0.266. The van der Waals surface area contributed by atoms with Crippen LogP contribution in [0.15, 0.2) is 54.2 Å². The fourth-order valence-electron chi connectivity index (χ4n) is 1.72. The van der Waals surface area contributed by atoms with E-state index < -0.39 is 0 Å². The number of aromatic nitrogens is 2. The van der Waals surface area contributed by atoms with Gasteiger partial charge in [0.25, 0.3) is 5.91 Å². The van der Waals surface area contributed by atoms with E-state index in [-0.39, 0.29) is 5.91 Å². The molecule has 0 radical (unpaired) electrons. The molecular weight excluding hydrogens is 320 g/mol. The molecule has 3 rings (SSSR count). The Balaban J connectivity index is 1.67. The zero-order valence-corrected chi connectivity index (χ0v) is 12.9. The van der Waals surface area contributed by atoms with Crippen LogP contribution >= 0.6 is 22.9 Å². The van der Waals surface area contributed by atoms with Gasteiger partial charge in [-0.2, -0.15) is 0 Å². The number of pyridine rings is 1. The van der Waals surface area contributed by atoms with Gasteiger partial charge >= 0.3 is 0 Å². The summed E-state index contributed by atoms with van der Waals surface area (Å²) in [4.78, 5) is 20.4. The normalized spacial score (nSPS) is 10.2. The molecule has 0 fully saturated rings. The Morgan fingerprint density at radius 1 is 1.14 bits per heavy atom. The minimum atomic E-state index is -0.266. The van der Waals surface area contributed by atoms with E-state index in [9.17, 15) is 4.79 Å². The van der Waals surface area contributed by atoms with Crippen LogP contribution in [0.3, 0.4) is 0 Å². The molecule has 5 nitrogen and oxygen atoms in total. The van der Waals surface area contributed by atoms with Crippen LogP contribution in [-0.2, 0) is 0 Å². The van der Waals surface area contributed by atoms with Crippen LogP contribution in [-0.4, -0.2) is 15.9 Å². The van der Waals surface area contributed by atoms with Crippen LogP contribution < -0.4 is 10.6 Å². The maximum Gasteiger partial charge on any atom is 0.275 e. The fraction of sp³-hybridized carbons (Fsp3) is 0. The first kappa shape index (κ1) is 14.5. The highest BCUT2D eigenvalue weighted by Gasteiger charge is 2.11. The fourth-order valence-corrected chi connectivity index (χ4v) is 2.56. The lowest BCUT2D eigenvalue weighted by molar-refractivity contribution is 0.102. The second-order valence-corrected chi connectivity index (χ2v) is 5.66. The Kier molecular flexibility index (Phi) is 4.32. The summed E-state index contributed by atoms with van der Waals surface area (Å²) in [5.41, 5.74) is 1.84. The van der Waals surface area contributed by atoms with Gasteiger partial charge in [0.2, 0.25) is 0 Å². The SMILES string of the molecule is O=C(Nc1ccc(Cl)cc1)c1csc(Nc2cccnc2)n1. The molecule has 0 aliphatic rings. The van der Waals surface area contributed by atoms with Gasteiger partial charge in [-0.25, -0.2) is 4.98 Å². The van der Waals surface area contributed by atoms with Crippen molar-refractivity contribution >= 4 is 45.4 Å². The van der Waals surface area contributed by atoms with Gasteiger partial charge in [-0.05, 0) is 36.4 Å². The van der Waals surface area contributed by atoms with Crippen LogP contribution in [0.25, 0.3) is 0 Å². The molecule has 0 saturated heterocycles. The van der Waals surface area contributed by atoms with Crippen molar-refractivity contribution in [3.05, 3.63) is 64.9 Å². The first-order valence-electron chi connectivity index (χ1n) is 6.40. The number of benzene rings is 1. The molecular formula is C15H11ClN4OS. The lowest BCUT2D eigenvalue weighted by Gasteiger charge is -2.03. The molecule has 3 aromatic rings. The lowest BCUT2D eigenvalue weighted by Crippen LogP contribution is -2.12. The standard InChI is InChI=1S/C15H11ClN4OS/c16-10-3-5-11(6-4-10)18-14(21)13-9-22-15(20-13)19-12-2-1-7-17-8-12/h1-9H,(H,18,21)(H,19,20). The Labute approximate surface area is 136 Å². The van der Waals surface area contributed by atoms with Gasteiger partial charge in [0, 0.05) is 22.3 Å². The van der Waals surface area contributed by atoms with Crippen molar-refractivity contribution in [1.29, 1.82) is 0 Å². The molecule has 0 unspecified atom stereocenters. The second-order valence-electron chi connectivity index (χ2n) is 4.37. The van der Waals surface area contributed by atoms with E-state index in [2.05, 4.69) is 20.6 Å². The molecule has 2 N–H and O–H groups in total. The van der Waals surface area contributed by atoms with Gasteiger partial charge in [0.1, 0.15) is 5.69 Å². The van der Waals surface area contributed by atoms with E-state index in [1.54, 1.807) is 42.0 Å². The summed E-state index contributed by atoms with van der Waals surface area (Å²) in [6.45, 7) is 0. The molecule has 1 aromatic carbocycles. The highest BCUT2D eigenvalue weighted by Crippen LogP contribution is 2.21. The van der Waals surface area contributed by atoms with E-state index in [1.807, 2.05) is 12.1 Å². The number of nitrogens with one attached hydrogen (secondary N) is 2. The van der Waals surface area contributed by atoms with Crippen molar-refractivity contribution in [1.82, 2.24) is 9.97 Å². The first-order valence-corrected chi connectivity index (χ1v) is 7.66. The first-order chi connectivity index (χ1) is 10.7. The van der Waals surface area contributed by atoms with Gasteiger partial charge in [0.05, 0.1) is 11.9 Å². The number of amides is 1. The third-order valence-electron chi connectivity index (χ3n) is 2.75. The molecule has 2 heterocycles. The highest BCUT2D eigenvalue weighted by atomic mass is 35.5. The van der Waals surface area contributed by atoms with Gasteiger partial charge < -0.3 is 10.6 Å². The van der Waals surface area contributed by atoms with Crippen molar-refractivity contribution in [2.45, 2.75) is 0 Å². The van der Waals surface area contributed by atoms with E-state index in [4.69, 9.17) is 11.6 Å². The average Bonchev–Trinajstić information content (AvgIpc) is 2.99. The predicted octanol–water partition coefficient (Wildman–Crippen LogP) is 4.19. The monoisotopic (exact) mass is 330 g/mol. The molecule has 22 heavy (non-hydrogen) atoms. The number of thiazole rings is 1. The lowest BCUT2D eigenvalue weighted by atomic mass is 10.3. The Bertz CT molecular complexity index is 774. The number of halogens is 1. The number of carbonyl (C=O) groups is 1. The Morgan fingerprint density at radius 2 is 1.95 bits per heavy atom. The Hall–Kier alpha value is -2.44. The van der Waals surface area contributed by atoms with E-state index >= 15 is 0 Å². The summed E-state index contributed by atoms with van der Waals surface area (Å²) in [5.74, 6) is -0.266. The molecule has 0 aliphatic heterocycles. The van der Waals surface area contributed by atoms with Crippen LogP contribution in [0.1, 0.15) is 10.5 Å². The van der Waals surface area contributed by atoms with E-state index in [0.29, 0.717) is 21.5 Å². The topological polar surface area (TPSA) is 66.9 Å². The zero-order chi connectivity index (χ0) is 15.4. The van der Waals surface area contributed by atoms with E-state index in [0.717, 1.165) is 5.69 Å². The molecule has 2 aromatic heterocycles. The van der Waals surface area contributed by atoms with Crippen molar-refractivity contribution < 1.29 is 4.79 Å². The van der Waals surface area contributed by atoms with E-state index in [1.165, 1.54) is 11.3 Å². The molecule has 0 aliphatic carbocycles. The van der Waals surface area contributed by atoms with Gasteiger partial charge in [-0.1, -0.05) is 11.6 Å². The quantitative estimate of drug-likeness (QED) is 0.752. The summed E-state index contributed by atoms with van der Waals surface area (Å²) in [5, 5.41) is 8.82. The number of hydrogen-bond acceptors (Lipinski definition) is 5. The largest absolute Gasteiger partial charge is 0.330 e. The molecule has 0 atom stereocenters. The van der Waals surface area contributed by atoms with Crippen molar-refractivity contribution in [2.24, 2.45) is 0 Å². The summed E-state index contributed by atoms with van der Waals surface area (Å²) < 4.78 is 0. The molecule has 0 saturated carbocycles. The van der Waals surface area contributed by atoms with Crippen LogP contribution in [0, 0.1) is 0 Å². The smallest absolute Gasteiger partial charge is 0.275 e. The third-order valence-corrected chi connectivity index (χ3v) is 3.76. The summed E-state index contributed by atoms with van der Waals surface area (Å²) in [6.07, 6.45) is 3.38. The van der Waals surface area contributed by atoms with Crippen molar-refractivity contribution in [2.75, 3.05) is 10.6 Å². The molecule has 7 heteroatoms. The highest BCUT2D eigenvalue weighted by molar-refractivity contribution is 7.14. The number of nitrogens with zero attached hydrogens (tertiary/aromatic N) is 2. The van der Waals surface area contributed by atoms with Crippen molar-refractivity contribution in [3.8, 4) is 0 Å². The Morgan fingerprint density at radius 3 is 2.68 bits per heavy atom. The van der Waals surface area contributed by atoms with Crippen LogP contribution in [0.2, 0.25) is 5.02 Å². The summed E-state index contributed by atoms with van der Waals surface area (Å²) >= 11 is 7.16. The number of hydrogen-bond donors (Lipinski definition) is 2. The van der Waals surface area contributed by atoms with Crippen LogP contribution in [0.4, 0.5) is 16.5 Å². The summed E-state index contributed by atoms with van der Waals surface area (Å²) in [6, 6.07) is 10.6. The van der Waals surface area contributed by atoms with Gasteiger partial charge in [-0.15, -0.1) is 11.3 Å². The zero-order valence-electron chi connectivity index (χ0n) is 11.3. The molecule has 110 valence electrons. The maximum absolute atomic E-state index is 12.1. The number of anilines is 3. The maximum atomic E-state index is 12.1. The average molecular weight is 331 g/mol. The molecule has 1 amide bonds. The van der Waals surface area contributed by atoms with Gasteiger partial charge in [-0.3, -0.25) is 9.78 Å². The van der Waals surface area contributed by atoms with Crippen LogP contribution in [0.5, 0.6) is 0 Å². The summed E-state index contributed by atoms with van der Waals surface area (Å²) in [7, 11) is 0. The van der Waals surface area contributed by atoms with Gasteiger partial charge in [0.15, 0.2) is 5.13 Å². The predicted molar refractivity (Wildman–Crippen MR) is 89.0 cm³/mol. The number of carbonyl (C=O) groups excluding carboxylic acids is 1. The molecule has 0 spiro atoms. The number of rotatable bonds is 4. The van der Waals surface area contributed by atoms with Crippen molar-refractivity contribution in [3.63, 3.8) is 0 Å². The second kappa shape index (κ2) is 6.55. The molecule has 0 bridgehead atoms. The minimum Gasteiger partial charge on any atom is -0.330 e. The third kappa shape index (κ3) is 3.60.